The average Bonchev–Trinajstić information content (AvgIpc) is 2.84. The van der Waals surface area contributed by atoms with Crippen LogP contribution in [0.3, 0.4) is 0 Å². The molecule has 1 aliphatic heterocycles. The zero-order valence-corrected chi connectivity index (χ0v) is 21.5. The van der Waals surface area contributed by atoms with E-state index >= 15 is 0 Å². The number of rotatable bonds is 6. The van der Waals surface area contributed by atoms with E-state index in [1.54, 1.807) is 31.2 Å². The minimum absolute atomic E-state index is 0.0365. The second-order valence-corrected chi connectivity index (χ2v) is 12.3. The summed E-state index contributed by atoms with van der Waals surface area (Å²) in [6.45, 7) is 2.09. The van der Waals surface area contributed by atoms with Gasteiger partial charge < -0.3 is 5.32 Å². The quantitative estimate of drug-likeness (QED) is 0.498. The highest BCUT2D eigenvalue weighted by molar-refractivity contribution is 7.92. The molecule has 0 saturated carbocycles. The molecular weight excluding hydrogens is 510 g/mol. The molecule has 1 aliphatic rings. The summed E-state index contributed by atoms with van der Waals surface area (Å²) in [7, 11) is -6.14. The standard InChI is InChI=1S/C24H24ClN3O5S2/c1-16-5-9-21(34(30,31)26-2)15-22(16)27-24(29)18-6-12-23-17(14-18)4-3-13-28(23)35(32,33)20-10-7-19(25)8-11-20/h5-12,14-15,26H,3-4,13H2,1-2H3,(H,27,29). The van der Waals surface area contributed by atoms with Crippen molar-refractivity contribution < 1.29 is 21.6 Å². The predicted octanol–water partition coefficient (Wildman–Crippen LogP) is 3.95. The van der Waals surface area contributed by atoms with Gasteiger partial charge in [-0.25, -0.2) is 21.6 Å². The maximum absolute atomic E-state index is 13.2. The fourth-order valence-corrected chi connectivity index (χ4v) is 6.33. The number of hydrogen-bond donors (Lipinski definition) is 2. The zero-order valence-electron chi connectivity index (χ0n) is 19.1. The van der Waals surface area contributed by atoms with Crippen LogP contribution in [0.5, 0.6) is 0 Å². The van der Waals surface area contributed by atoms with Gasteiger partial charge in [0.2, 0.25) is 10.0 Å². The van der Waals surface area contributed by atoms with Gasteiger partial charge in [0.1, 0.15) is 0 Å². The van der Waals surface area contributed by atoms with E-state index in [2.05, 4.69) is 10.0 Å². The van der Waals surface area contributed by atoms with Gasteiger partial charge in [-0.2, -0.15) is 0 Å². The third-order valence-corrected chi connectivity index (χ3v) is 9.35. The first kappa shape index (κ1) is 25.2. The Balaban J connectivity index is 1.62. The van der Waals surface area contributed by atoms with Gasteiger partial charge in [0.05, 0.1) is 15.5 Å². The molecule has 0 atom stereocenters. The molecule has 35 heavy (non-hydrogen) atoms. The Kier molecular flexibility index (Phi) is 6.92. The van der Waals surface area contributed by atoms with E-state index < -0.39 is 26.0 Å². The summed E-state index contributed by atoms with van der Waals surface area (Å²) in [6, 6.07) is 15.4. The number of anilines is 2. The van der Waals surface area contributed by atoms with Gasteiger partial charge >= 0.3 is 0 Å². The van der Waals surface area contributed by atoms with E-state index in [0.717, 1.165) is 5.56 Å². The number of sulfonamides is 2. The van der Waals surface area contributed by atoms with Gasteiger partial charge in [-0.3, -0.25) is 9.10 Å². The molecular formula is C24H24ClN3O5S2. The van der Waals surface area contributed by atoms with E-state index in [0.29, 0.717) is 46.9 Å². The highest BCUT2D eigenvalue weighted by Crippen LogP contribution is 2.33. The second kappa shape index (κ2) is 9.62. The third kappa shape index (κ3) is 5.06. The number of hydrogen-bond acceptors (Lipinski definition) is 5. The van der Waals surface area contributed by atoms with Crippen molar-refractivity contribution in [3.63, 3.8) is 0 Å². The van der Waals surface area contributed by atoms with Crippen molar-refractivity contribution >= 4 is 48.9 Å². The van der Waals surface area contributed by atoms with E-state index in [1.807, 2.05) is 0 Å². The number of aryl methyl sites for hydroxylation is 2. The maximum Gasteiger partial charge on any atom is 0.264 e. The smallest absolute Gasteiger partial charge is 0.264 e. The second-order valence-electron chi connectivity index (χ2n) is 8.12. The summed E-state index contributed by atoms with van der Waals surface area (Å²) < 4.78 is 54.4. The fourth-order valence-electron chi connectivity index (χ4n) is 3.90. The average molecular weight is 534 g/mol. The van der Waals surface area contributed by atoms with E-state index in [4.69, 9.17) is 11.6 Å². The number of nitrogens with zero attached hydrogens (tertiary/aromatic N) is 1. The number of halogens is 1. The molecule has 0 spiro atoms. The van der Waals surface area contributed by atoms with Crippen molar-refractivity contribution in [2.24, 2.45) is 0 Å². The van der Waals surface area contributed by atoms with Crippen LogP contribution in [0.25, 0.3) is 0 Å². The van der Waals surface area contributed by atoms with Gasteiger partial charge in [-0.1, -0.05) is 17.7 Å². The van der Waals surface area contributed by atoms with Gasteiger partial charge in [-0.15, -0.1) is 0 Å². The van der Waals surface area contributed by atoms with Gasteiger partial charge in [-0.05, 0) is 92.5 Å². The highest BCUT2D eigenvalue weighted by Gasteiger charge is 2.29. The lowest BCUT2D eigenvalue weighted by molar-refractivity contribution is 0.102. The summed E-state index contributed by atoms with van der Waals surface area (Å²) in [5.41, 5.74) is 2.68. The lowest BCUT2D eigenvalue weighted by atomic mass is 10.0. The number of amides is 1. The van der Waals surface area contributed by atoms with E-state index in [9.17, 15) is 21.6 Å². The molecule has 0 aliphatic carbocycles. The van der Waals surface area contributed by atoms with Crippen LogP contribution in [-0.4, -0.2) is 36.3 Å². The third-order valence-electron chi connectivity index (χ3n) is 5.86. The van der Waals surface area contributed by atoms with Gasteiger partial charge in [0.15, 0.2) is 0 Å². The van der Waals surface area contributed by atoms with Crippen LogP contribution in [-0.2, 0) is 26.5 Å². The van der Waals surface area contributed by atoms with Gasteiger partial charge in [0, 0.05) is 22.8 Å². The molecule has 3 aromatic rings. The molecule has 11 heteroatoms. The molecule has 0 aromatic heterocycles. The van der Waals surface area contributed by atoms with Crippen molar-refractivity contribution in [1.29, 1.82) is 0 Å². The molecule has 4 rings (SSSR count). The molecule has 0 saturated heterocycles. The first-order chi connectivity index (χ1) is 16.5. The first-order valence-corrected chi connectivity index (χ1v) is 14.1. The number of carbonyl (C=O) groups excluding carboxylic acids is 1. The monoisotopic (exact) mass is 533 g/mol. The number of benzene rings is 3. The van der Waals surface area contributed by atoms with Crippen LogP contribution < -0.4 is 14.3 Å². The molecule has 0 fully saturated rings. The SMILES string of the molecule is CNS(=O)(=O)c1ccc(C)c(NC(=O)c2ccc3c(c2)CCCN3S(=O)(=O)c2ccc(Cl)cc2)c1. The van der Waals surface area contributed by atoms with Crippen molar-refractivity contribution in [1.82, 2.24) is 4.72 Å². The molecule has 1 heterocycles. The van der Waals surface area contributed by atoms with Gasteiger partial charge in [0.25, 0.3) is 15.9 Å². The number of fused-ring (bicyclic) bond motifs is 1. The molecule has 8 nitrogen and oxygen atoms in total. The summed E-state index contributed by atoms with van der Waals surface area (Å²) in [5.74, 6) is -0.424. The Hall–Kier alpha value is -2.92. The summed E-state index contributed by atoms with van der Waals surface area (Å²) in [6.07, 6.45) is 1.23. The summed E-state index contributed by atoms with van der Waals surface area (Å²) >= 11 is 5.90. The molecule has 1 amide bonds. The Morgan fingerprint density at radius 3 is 2.31 bits per heavy atom. The lowest BCUT2D eigenvalue weighted by Crippen LogP contribution is -2.35. The lowest BCUT2D eigenvalue weighted by Gasteiger charge is -2.30. The molecule has 0 unspecified atom stereocenters. The summed E-state index contributed by atoms with van der Waals surface area (Å²) in [4.78, 5) is 13.2. The molecule has 0 radical (unpaired) electrons. The predicted molar refractivity (Wildman–Crippen MR) is 136 cm³/mol. The Morgan fingerprint density at radius 1 is 0.943 bits per heavy atom. The summed E-state index contributed by atoms with van der Waals surface area (Å²) in [5, 5.41) is 3.21. The van der Waals surface area contributed by atoms with Crippen LogP contribution >= 0.6 is 11.6 Å². The van der Waals surface area contributed by atoms with E-state index in [1.165, 1.54) is 47.8 Å². The molecule has 0 bridgehead atoms. The minimum Gasteiger partial charge on any atom is -0.322 e. The van der Waals surface area contributed by atoms with Crippen molar-refractivity contribution in [3.05, 3.63) is 82.4 Å². The molecule has 184 valence electrons. The minimum atomic E-state index is -3.79. The fraction of sp³-hybridized carbons (Fsp3) is 0.208. The number of carbonyl (C=O) groups is 1. The van der Waals surface area contributed by atoms with Crippen LogP contribution in [0.1, 0.15) is 27.9 Å². The Morgan fingerprint density at radius 2 is 1.63 bits per heavy atom. The topological polar surface area (TPSA) is 113 Å². The molecule has 2 N–H and O–H groups in total. The normalized spacial score (nSPS) is 13.9. The molecule has 3 aromatic carbocycles. The number of nitrogens with one attached hydrogen (secondary N) is 2. The highest BCUT2D eigenvalue weighted by atomic mass is 35.5. The van der Waals surface area contributed by atoms with Crippen molar-refractivity contribution in [3.8, 4) is 0 Å². The van der Waals surface area contributed by atoms with Crippen molar-refractivity contribution in [2.45, 2.75) is 29.6 Å². The maximum atomic E-state index is 13.2. The Bertz CT molecular complexity index is 1500. The largest absolute Gasteiger partial charge is 0.322 e. The first-order valence-electron chi connectivity index (χ1n) is 10.8. The Labute approximate surface area is 210 Å². The van der Waals surface area contributed by atoms with E-state index in [-0.39, 0.29) is 9.79 Å². The van der Waals surface area contributed by atoms with Crippen LogP contribution in [0.15, 0.2) is 70.5 Å². The van der Waals surface area contributed by atoms with Crippen LogP contribution in [0.4, 0.5) is 11.4 Å². The zero-order chi connectivity index (χ0) is 25.4. The van der Waals surface area contributed by atoms with Crippen LogP contribution in [0.2, 0.25) is 5.02 Å². The van der Waals surface area contributed by atoms with Crippen LogP contribution in [0, 0.1) is 6.92 Å². The van der Waals surface area contributed by atoms with Crippen molar-refractivity contribution in [2.75, 3.05) is 23.2 Å².